The lowest BCUT2D eigenvalue weighted by Crippen LogP contribution is -2.40. The first kappa shape index (κ1) is 99.2. The standard InChI is InChI=1S/C93H175NO8/c1-6-8-10-12-14-16-18-20-22-24-26-28-30-32-34-36-38-40-42-44-45-46-48-49-51-53-55-57-59-61-63-65-67-69-71-73-75-77-79-81-83-90(95)100-87-89(88-101-93(92(97)98)99-86-85-94(3,4)5)102-91(96)84-82-80-78-76-74-72-70-68-66-64-62-60-58-56-54-52-50-47-43-41-39-37-35-33-31-29-27-25-23-21-19-17-15-13-11-9-7-2/h9,11,15,17,21,23,27,29,89,93H,6-8,10,12-14,16,18-20,22,24-26,28,30-88H2,1-5H3/p+1/b11-9-,17-15-,23-21-,29-27-. The molecule has 9 heteroatoms. The zero-order valence-electron chi connectivity index (χ0n) is 69.1. The summed E-state index contributed by atoms with van der Waals surface area (Å²) in [6, 6.07) is 0. The predicted octanol–water partition coefficient (Wildman–Crippen LogP) is 29.6. The molecular weight excluding hydrogens is 1260 g/mol. The third-order valence-corrected chi connectivity index (χ3v) is 20.8. The van der Waals surface area contributed by atoms with E-state index in [0.717, 1.165) is 64.2 Å². The summed E-state index contributed by atoms with van der Waals surface area (Å²) < 4.78 is 23.1. The van der Waals surface area contributed by atoms with Gasteiger partial charge in [-0.15, -0.1) is 0 Å². The number of ether oxygens (including phenoxy) is 4. The third kappa shape index (κ3) is 84.5. The minimum absolute atomic E-state index is 0.175. The van der Waals surface area contributed by atoms with Crippen LogP contribution in [0.25, 0.3) is 0 Å². The van der Waals surface area contributed by atoms with Gasteiger partial charge >= 0.3 is 17.9 Å². The number of carbonyl (C=O) groups is 3. The summed E-state index contributed by atoms with van der Waals surface area (Å²) in [4.78, 5) is 37.8. The molecule has 0 aromatic heterocycles. The summed E-state index contributed by atoms with van der Waals surface area (Å²) in [6.45, 7) is 4.86. The first-order valence-electron chi connectivity index (χ1n) is 45.3. The quantitative estimate of drug-likeness (QED) is 0.0211. The van der Waals surface area contributed by atoms with Crippen LogP contribution in [0.4, 0.5) is 0 Å². The van der Waals surface area contributed by atoms with Gasteiger partial charge in [0.15, 0.2) is 6.10 Å². The second-order valence-electron chi connectivity index (χ2n) is 32.2. The van der Waals surface area contributed by atoms with Gasteiger partial charge in [0.05, 0.1) is 34.4 Å². The minimum Gasteiger partial charge on any atom is -0.477 e. The number of quaternary nitrogens is 1. The van der Waals surface area contributed by atoms with Crippen molar-refractivity contribution in [3.8, 4) is 0 Å². The van der Waals surface area contributed by atoms with Crippen molar-refractivity contribution in [1.29, 1.82) is 0 Å². The molecule has 2 unspecified atom stereocenters. The van der Waals surface area contributed by atoms with E-state index in [0.29, 0.717) is 17.4 Å². The largest absolute Gasteiger partial charge is 0.477 e. The summed E-state index contributed by atoms with van der Waals surface area (Å²) >= 11 is 0. The molecular formula is C93H176NO8+. The van der Waals surface area contributed by atoms with Gasteiger partial charge in [-0.3, -0.25) is 9.59 Å². The fraction of sp³-hybridized carbons (Fsp3) is 0.882. The molecule has 0 aromatic carbocycles. The summed E-state index contributed by atoms with van der Waals surface area (Å²) in [5.41, 5.74) is 0. The van der Waals surface area contributed by atoms with Gasteiger partial charge < -0.3 is 28.5 Å². The van der Waals surface area contributed by atoms with Crippen LogP contribution >= 0.6 is 0 Å². The molecule has 0 bridgehead atoms. The van der Waals surface area contributed by atoms with E-state index in [9.17, 15) is 19.5 Å². The molecule has 0 aliphatic heterocycles. The predicted molar refractivity (Wildman–Crippen MR) is 443 cm³/mol. The van der Waals surface area contributed by atoms with Crippen LogP contribution in [0.3, 0.4) is 0 Å². The van der Waals surface area contributed by atoms with Crippen molar-refractivity contribution in [3.63, 3.8) is 0 Å². The third-order valence-electron chi connectivity index (χ3n) is 20.8. The number of carboxylic acids is 1. The highest BCUT2D eigenvalue weighted by atomic mass is 16.7. The van der Waals surface area contributed by atoms with Gasteiger partial charge in [0.1, 0.15) is 13.2 Å². The average Bonchev–Trinajstić information content (AvgIpc) is 1.02. The number of esters is 2. The Labute approximate surface area is 635 Å². The summed E-state index contributed by atoms with van der Waals surface area (Å²) in [7, 11) is 6.01. The monoisotopic (exact) mass is 1440 g/mol. The summed E-state index contributed by atoms with van der Waals surface area (Å²) in [5.74, 6) is -1.97. The minimum atomic E-state index is -1.51. The van der Waals surface area contributed by atoms with E-state index in [1.165, 1.54) is 379 Å². The van der Waals surface area contributed by atoms with Crippen LogP contribution in [0.1, 0.15) is 470 Å². The van der Waals surface area contributed by atoms with Gasteiger partial charge in [-0.2, -0.15) is 0 Å². The molecule has 0 aliphatic carbocycles. The van der Waals surface area contributed by atoms with Crippen molar-refractivity contribution in [3.05, 3.63) is 48.6 Å². The van der Waals surface area contributed by atoms with Gasteiger partial charge in [-0.1, -0.05) is 454 Å². The van der Waals surface area contributed by atoms with E-state index in [4.69, 9.17) is 18.9 Å². The summed E-state index contributed by atoms with van der Waals surface area (Å²) in [6.07, 6.45) is 109. The van der Waals surface area contributed by atoms with Crippen LogP contribution in [0.5, 0.6) is 0 Å². The molecule has 102 heavy (non-hydrogen) atoms. The molecule has 0 rings (SSSR count). The highest BCUT2D eigenvalue weighted by molar-refractivity contribution is 5.71. The zero-order chi connectivity index (χ0) is 73.9. The Morgan fingerprint density at radius 1 is 0.304 bits per heavy atom. The van der Waals surface area contributed by atoms with Crippen LogP contribution in [-0.4, -0.2) is 87.4 Å². The number of nitrogens with zero attached hydrogens (tertiary/aromatic N) is 1. The van der Waals surface area contributed by atoms with Gasteiger partial charge in [-0.05, 0) is 51.4 Å². The van der Waals surface area contributed by atoms with Gasteiger partial charge in [0.25, 0.3) is 6.29 Å². The van der Waals surface area contributed by atoms with E-state index in [-0.39, 0.29) is 38.2 Å². The maximum absolute atomic E-state index is 13.0. The number of likely N-dealkylation sites (N-methyl/N-ethyl adjacent to an activating group) is 1. The number of carboxylic acid groups (broad SMARTS) is 1. The smallest absolute Gasteiger partial charge is 0.361 e. The second-order valence-corrected chi connectivity index (χ2v) is 32.2. The average molecular weight is 1440 g/mol. The molecule has 0 radical (unpaired) electrons. The van der Waals surface area contributed by atoms with Crippen LogP contribution in [0, 0.1) is 0 Å². The van der Waals surface area contributed by atoms with Gasteiger partial charge in [-0.25, -0.2) is 4.79 Å². The van der Waals surface area contributed by atoms with E-state index in [1.54, 1.807) is 0 Å². The maximum atomic E-state index is 13.0. The Kier molecular flexibility index (Phi) is 81.6. The Morgan fingerprint density at radius 2 is 0.559 bits per heavy atom. The zero-order valence-corrected chi connectivity index (χ0v) is 69.1. The van der Waals surface area contributed by atoms with Crippen molar-refractivity contribution >= 4 is 17.9 Å². The fourth-order valence-electron chi connectivity index (χ4n) is 14.0. The van der Waals surface area contributed by atoms with E-state index < -0.39 is 18.4 Å². The molecule has 0 aromatic rings. The van der Waals surface area contributed by atoms with Crippen LogP contribution in [0.2, 0.25) is 0 Å². The first-order valence-corrected chi connectivity index (χ1v) is 45.3. The fourth-order valence-corrected chi connectivity index (χ4v) is 14.0. The molecule has 0 saturated carbocycles. The van der Waals surface area contributed by atoms with Crippen molar-refractivity contribution in [2.75, 3.05) is 47.5 Å². The molecule has 600 valence electrons. The van der Waals surface area contributed by atoms with Crippen LogP contribution in [0.15, 0.2) is 48.6 Å². The van der Waals surface area contributed by atoms with Crippen LogP contribution < -0.4 is 0 Å². The molecule has 0 heterocycles. The molecule has 0 amide bonds. The van der Waals surface area contributed by atoms with Gasteiger partial charge in [0.2, 0.25) is 0 Å². The number of unbranched alkanes of at least 4 members (excludes halogenated alkanes) is 63. The number of hydrogen-bond acceptors (Lipinski definition) is 7. The molecule has 0 saturated heterocycles. The Hall–Kier alpha value is -2.75. The molecule has 1 N–H and O–H groups in total. The summed E-state index contributed by atoms with van der Waals surface area (Å²) in [5, 5.41) is 9.79. The number of carbonyl (C=O) groups excluding carboxylic acids is 2. The molecule has 0 spiro atoms. The topological polar surface area (TPSA) is 108 Å². The van der Waals surface area contributed by atoms with E-state index >= 15 is 0 Å². The lowest BCUT2D eigenvalue weighted by atomic mass is 10.0. The van der Waals surface area contributed by atoms with Crippen LogP contribution in [-0.2, 0) is 33.3 Å². The molecule has 0 fully saturated rings. The lowest BCUT2D eigenvalue weighted by Gasteiger charge is -2.25. The van der Waals surface area contributed by atoms with E-state index in [1.807, 2.05) is 21.1 Å². The van der Waals surface area contributed by atoms with Gasteiger partial charge in [0, 0.05) is 12.8 Å². The Morgan fingerprint density at radius 3 is 0.833 bits per heavy atom. The Bertz CT molecular complexity index is 1820. The lowest BCUT2D eigenvalue weighted by molar-refractivity contribution is -0.870. The molecule has 2 atom stereocenters. The van der Waals surface area contributed by atoms with Crippen molar-refractivity contribution in [1.82, 2.24) is 0 Å². The SMILES string of the molecule is CC/C=C\C/C=C\C/C=C\C/C=C\CCCCCCCCCCCCCCCCCCCCCCCCCCC(=O)OC(COC(=O)CCCCCCCCCCCCCCCCCCCCCCCCCCCCCCCCCCCCCCCCCC)COC(OCC[N+](C)(C)C)C(=O)O. The number of rotatable bonds is 86. The number of hydrogen-bond donors (Lipinski definition) is 1. The molecule has 0 aliphatic rings. The van der Waals surface area contributed by atoms with Crippen molar-refractivity contribution in [2.24, 2.45) is 0 Å². The van der Waals surface area contributed by atoms with E-state index in [2.05, 4.69) is 62.5 Å². The highest BCUT2D eigenvalue weighted by Crippen LogP contribution is 2.21. The second kappa shape index (κ2) is 83.9. The normalized spacial score (nSPS) is 12.8. The van der Waals surface area contributed by atoms with Crippen molar-refractivity contribution < 1.29 is 42.9 Å². The Balaban J connectivity index is 3.88. The first-order chi connectivity index (χ1) is 50.1. The number of aliphatic carboxylic acids is 1. The van der Waals surface area contributed by atoms with Crippen molar-refractivity contribution in [2.45, 2.75) is 482 Å². The maximum Gasteiger partial charge on any atom is 0.361 e. The molecule has 9 nitrogen and oxygen atoms in total. The highest BCUT2D eigenvalue weighted by Gasteiger charge is 2.25. The number of allylic oxidation sites excluding steroid dienone is 8.